The Labute approximate surface area is 153 Å². The van der Waals surface area contributed by atoms with Gasteiger partial charge in [-0.15, -0.1) is 0 Å². The fraction of sp³-hybridized carbons (Fsp3) is 0.211. The van der Waals surface area contributed by atoms with E-state index in [4.69, 9.17) is 4.74 Å². The average molecular weight is 375 g/mol. The molecule has 0 saturated carbocycles. The number of amides is 1. The fourth-order valence-corrected chi connectivity index (χ4v) is 2.69. The maximum Gasteiger partial charge on any atom is 0.387 e. The van der Waals surface area contributed by atoms with Crippen LogP contribution >= 0.6 is 0 Å². The number of ether oxygens (including phenoxy) is 2. The summed E-state index contributed by atoms with van der Waals surface area (Å²) in [4.78, 5) is 36.0. The topological polar surface area (TPSA) is 81.7 Å². The highest BCUT2D eigenvalue weighted by molar-refractivity contribution is 6.05. The molecule has 1 aliphatic heterocycles. The van der Waals surface area contributed by atoms with E-state index in [9.17, 15) is 23.2 Å². The Bertz CT molecular complexity index is 913. The van der Waals surface area contributed by atoms with Gasteiger partial charge in [0, 0.05) is 11.3 Å². The Morgan fingerprint density at radius 3 is 2.67 bits per heavy atom. The molecule has 27 heavy (non-hydrogen) atoms. The molecule has 8 heteroatoms. The molecule has 0 radical (unpaired) electrons. The van der Waals surface area contributed by atoms with Gasteiger partial charge in [-0.3, -0.25) is 9.59 Å². The van der Waals surface area contributed by atoms with Gasteiger partial charge in [0.05, 0.1) is 11.5 Å². The van der Waals surface area contributed by atoms with Crippen LogP contribution in [0.1, 0.15) is 39.1 Å². The molecular formula is C19H15F2NO5. The summed E-state index contributed by atoms with van der Waals surface area (Å²) in [5, 5.41) is 2.70. The van der Waals surface area contributed by atoms with E-state index in [1.807, 2.05) is 0 Å². The molecule has 0 aliphatic carbocycles. The summed E-state index contributed by atoms with van der Waals surface area (Å²) < 4.78 is 33.6. The molecular weight excluding hydrogens is 360 g/mol. The molecule has 1 aliphatic rings. The highest BCUT2D eigenvalue weighted by atomic mass is 19.3. The molecule has 0 fully saturated rings. The third kappa shape index (κ3) is 4.11. The summed E-state index contributed by atoms with van der Waals surface area (Å²) in [6.07, 6.45) is 0. The Morgan fingerprint density at radius 2 is 1.93 bits per heavy atom. The van der Waals surface area contributed by atoms with Crippen molar-refractivity contribution in [3.05, 3.63) is 59.2 Å². The second-order valence-corrected chi connectivity index (χ2v) is 5.92. The van der Waals surface area contributed by atoms with Gasteiger partial charge in [0.2, 0.25) is 5.91 Å². The molecule has 1 heterocycles. The van der Waals surface area contributed by atoms with Crippen LogP contribution in [0.4, 0.5) is 14.5 Å². The molecule has 2 aromatic rings. The largest absolute Gasteiger partial charge is 0.454 e. The van der Waals surface area contributed by atoms with E-state index in [2.05, 4.69) is 10.1 Å². The number of esters is 1. The van der Waals surface area contributed by atoms with Gasteiger partial charge in [-0.05, 0) is 48.9 Å². The SMILES string of the molecule is C[C@H]1C(=O)Nc2ccc(C(=O)COC(=O)c3cccc(OC(F)F)c3)cc21. The van der Waals surface area contributed by atoms with Crippen LogP contribution in [0.5, 0.6) is 5.75 Å². The molecule has 6 nitrogen and oxygen atoms in total. The molecule has 140 valence electrons. The summed E-state index contributed by atoms with van der Waals surface area (Å²) in [6, 6.07) is 9.84. The number of ketones is 1. The van der Waals surface area contributed by atoms with Crippen molar-refractivity contribution in [1.29, 1.82) is 0 Å². The first-order chi connectivity index (χ1) is 12.8. The highest BCUT2D eigenvalue weighted by Crippen LogP contribution is 2.32. The fourth-order valence-electron chi connectivity index (χ4n) is 2.69. The van der Waals surface area contributed by atoms with Gasteiger partial charge in [-0.2, -0.15) is 8.78 Å². The molecule has 2 aromatic carbocycles. The predicted octanol–water partition coefficient (Wildman–Crippen LogP) is 3.38. The van der Waals surface area contributed by atoms with Crippen LogP contribution in [-0.2, 0) is 9.53 Å². The zero-order valence-electron chi connectivity index (χ0n) is 14.2. The predicted molar refractivity (Wildman–Crippen MR) is 91.2 cm³/mol. The minimum Gasteiger partial charge on any atom is -0.454 e. The molecule has 0 spiro atoms. The zero-order valence-corrected chi connectivity index (χ0v) is 14.2. The Morgan fingerprint density at radius 1 is 1.15 bits per heavy atom. The monoisotopic (exact) mass is 375 g/mol. The lowest BCUT2D eigenvalue weighted by molar-refractivity contribution is -0.116. The van der Waals surface area contributed by atoms with Crippen molar-refractivity contribution in [1.82, 2.24) is 0 Å². The number of anilines is 1. The first-order valence-corrected chi connectivity index (χ1v) is 8.05. The van der Waals surface area contributed by atoms with E-state index in [1.165, 1.54) is 24.3 Å². The third-order valence-corrected chi connectivity index (χ3v) is 4.12. The van der Waals surface area contributed by atoms with Crippen molar-refractivity contribution in [2.75, 3.05) is 11.9 Å². The average Bonchev–Trinajstić information content (AvgIpc) is 2.92. The summed E-state index contributed by atoms with van der Waals surface area (Å²) in [7, 11) is 0. The van der Waals surface area contributed by atoms with Crippen molar-refractivity contribution in [2.24, 2.45) is 0 Å². The van der Waals surface area contributed by atoms with E-state index in [0.29, 0.717) is 16.8 Å². The summed E-state index contributed by atoms with van der Waals surface area (Å²) in [5.41, 5.74) is 1.64. The number of carbonyl (C=O) groups is 3. The second kappa shape index (κ2) is 7.53. The number of hydrogen-bond acceptors (Lipinski definition) is 5. The minimum atomic E-state index is -3.01. The lowest BCUT2D eigenvalue weighted by Gasteiger charge is -2.08. The van der Waals surface area contributed by atoms with Gasteiger partial charge in [0.25, 0.3) is 0 Å². The minimum absolute atomic E-state index is 0.0154. The standard InChI is InChI=1S/C19H15F2NO5/c1-10-14-8-11(5-6-15(14)22-17(10)24)16(23)9-26-18(25)12-3-2-4-13(7-12)27-19(20)21/h2-8,10,19H,9H2,1H3,(H,22,24)/t10-/m1/s1. The third-order valence-electron chi connectivity index (χ3n) is 4.12. The van der Waals surface area contributed by atoms with Crippen LogP contribution in [0.15, 0.2) is 42.5 Å². The summed E-state index contributed by atoms with van der Waals surface area (Å²) in [6.45, 7) is -1.81. The first-order valence-electron chi connectivity index (χ1n) is 8.05. The molecule has 1 amide bonds. The van der Waals surface area contributed by atoms with Gasteiger partial charge >= 0.3 is 12.6 Å². The second-order valence-electron chi connectivity index (χ2n) is 5.92. The number of fused-ring (bicyclic) bond motifs is 1. The zero-order chi connectivity index (χ0) is 19.6. The lowest BCUT2D eigenvalue weighted by Crippen LogP contribution is -2.14. The van der Waals surface area contributed by atoms with E-state index < -0.39 is 25.0 Å². The molecule has 3 rings (SSSR count). The number of rotatable bonds is 6. The molecule has 0 saturated heterocycles. The first kappa shape index (κ1) is 18.5. The van der Waals surface area contributed by atoms with Gasteiger partial charge in [0.15, 0.2) is 12.4 Å². The van der Waals surface area contributed by atoms with Gasteiger partial charge in [0.1, 0.15) is 5.75 Å². The maximum atomic E-state index is 12.3. The van der Waals surface area contributed by atoms with Crippen molar-refractivity contribution >= 4 is 23.3 Å². The number of benzene rings is 2. The molecule has 0 bridgehead atoms. The number of hydrogen-bond donors (Lipinski definition) is 1. The van der Waals surface area contributed by atoms with E-state index in [0.717, 1.165) is 6.07 Å². The molecule has 0 aromatic heterocycles. The van der Waals surface area contributed by atoms with Crippen LogP contribution in [0.2, 0.25) is 0 Å². The van der Waals surface area contributed by atoms with Crippen molar-refractivity contribution < 1.29 is 32.6 Å². The van der Waals surface area contributed by atoms with E-state index >= 15 is 0 Å². The Balaban J connectivity index is 1.64. The van der Waals surface area contributed by atoms with Gasteiger partial charge in [-0.1, -0.05) is 6.07 Å². The van der Waals surface area contributed by atoms with E-state index in [-0.39, 0.29) is 23.1 Å². The summed E-state index contributed by atoms with van der Waals surface area (Å²) >= 11 is 0. The van der Waals surface area contributed by atoms with E-state index in [1.54, 1.807) is 19.1 Å². The van der Waals surface area contributed by atoms with Crippen molar-refractivity contribution in [3.63, 3.8) is 0 Å². The Kier molecular flexibility index (Phi) is 5.16. The molecule has 1 N–H and O–H groups in total. The number of nitrogens with one attached hydrogen (secondary N) is 1. The van der Waals surface area contributed by atoms with Crippen LogP contribution < -0.4 is 10.1 Å². The smallest absolute Gasteiger partial charge is 0.387 e. The van der Waals surface area contributed by atoms with Crippen LogP contribution in [0, 0.1) is 0 Å². The molecule has 1 atom stereocenters. The molecule has 0 unspecified atom stereocenters. The number of Topliss-reactive ketones (excluding diaryl/α,β-unsaturated/α-hetero) is 1. The number of alkyl halides is 2. The number of carbonyl (C=O) groups excluding carboxylic acids is 3. The Hall–Kier alpha value is -3.29. The maximum absolute atomic E-state index is 12.3. The van der Waals surface area contributed by atoms with Crippen LogP contribution in [-0.4, -0.2) is 30.9 Å². The van der Waals surface area contributed by atoms with Gasteiger partial charge < -0.3 is 14.8 Å². The van der Waals surface area contributed by atoms with Crippen LogP contribution in [0.3, 0.4) is 0 Å². The number of halogens is 2. The normalized spacial score (nSPS) is 15.3. The van der Waals surface area contributed by atoms with Crippen LogP contribution in [0.25, 0.3) is 0 Å². The van der Waals surface area contributed by atoms with Crippen molar-refractivity contribution in [2.45, 2.75) is 19.5 Å². The quantitative estimate of drug-likeness (QED) is 0.618. The van der Waals surface area contributed by atoms with Crippen molar-refractivity contribution in [3.8, 4) is 5.75 Å². The van der Waals surface area contributed by atoms with Gasteiger partial charge in [-0.25, -0.2) is 4.79 Å². The summed E-state index contributed by atoms with van der Waals surface area (Å²) in [5.74, 6) is -1.98. The lowest BCUT2D eigenvalue weighted by atomic mass is 9.99. The highest BCUT2D eigenvalue weighted by Gasteiger charge is 2.27.